The topological polar surface area (TPSA) is 0 Å². The first kappa shape index (κ1) is 11.4. The normalized spacial score (nSPS) is 11.8. The predicted octanol–water partition coefficient (Wildman–Crippen LogP) is 4.61. The SMILES string of the molecule is C/C=C(\CC)c1ccc(SCC)cc1. The molecule has 0 aliphatic heterocycles. The molecule has 0 saturated heterocycles. The summed E-state index contributed by atoms with van der Waals surface area (Å²) in [5.74, 6) is 1.14. The van der Waals surface area contributed by atoms with Gasteiger partial charge in [-0.25, -0.2) is 0 Å². The third-order valence-electron chi connectivity index (χ3n) is 2.27. The number of rotatable bonds is 4. The molecule has 0 N–H and O–H groups in total. The lowest BCUT2D eigenvalue weighted by molar-refractivity contribution is 1.23. The van der Waals surface area contributed by atoms with Gasteiger partial charge in [-0.15, -0.1) is 11.8 Å². The van der Waals surface area contributed by atoms with Gasteiger partial charge in [-0.3, -0.25) is 0 Å². The minimum atomic E-state index is 1.11. The third-order valence-corrected chi connectivity index (χ3v) is 3.16. The number of benzene rings is 1. The average Bonchev–Trinajstić information content (AvgIpc) is 2.23. The Labute approximate surface area is 91.4 Å². The van der Waals surface area contributed by atoms with Crippen LogP contribution in [-0.2, 0) is 0 Å². The van der Waals surface area contributed by atoms with Gasteiger partial charge in [-0.2, -0.15) is 0 Å². The van der Waals surface area contributed by atoms with E-state index in [2.05, 4.69) is 51.1 Å². The van der Waals surface area contributed by atoms with E-state index >= 15 is 0 Å². The highest BCUT2D eigenvalue weighted by Crippen LogP contribution is 2.22. The van der Waals surface area contributed by atoms with Gasteiger partial charge < -0.3 is 0 Å². The molecule has 76 valence electrons. The summed E-state index contributed by atoms with van der Waals surface area (Å²) in [4.78, 5) is 1.36. The van der Waals surface area contributed by atoms with Crippen molar-refractivity contribution in [1.82, 2.24) is 0 Å². The lowest BCUT2D eigenvalue weighted by atomic mass is 10.0. The maximum atomic E-state index is 2.22. The maximum absolute atomic E-state index is 2.22. The van der Waals surface area contributed by atoms with Gasteiger partial charge in [-0.1, -0.05) is 32.1 Å². The Hall–Kier alpha value is -0.690. The second-order valence-corrected chi connectivity index (χ2v) is 4.46. The molecule has 0 nitrogen and oxygen atoms in total. The first-order valence-corrected chi connectivity index (χ1v) is 6.18. The summed E-state index contributed by atoms with van der Waals surface area (Å²) in [6.07, 6.45) is 3.30. The molecule has 14 heavy (non-hydrogen) atoms. The summed E-state index contributed by atoms with van der Waals surface area (Å²) in [5, 5.41) is 0. The minimum absolute atomic E-state index is 1.11. The molecule has 1 aromatic rings. The molecule has 0 saturated carbocycles. The van der Waals surface area contributed by atoms with Gasteiger partial charge in [0.25, 0.3) is 0 Å². The first-order chi connectivity index (χ1) is 6.81. The fourth-order valence-corrected chi connectivity index (χ4v) is 2.17. The summed E-state index contributed by atoms with van der Waals surface area (Å²) >= 11 is 1.89. The molecule has 0 amide bonds. The molecule has 1 rings (SSSR count). The van der Waals surface area contributed by atoms with Crippen molar-refractivity contribution >= 4 is 17.3 Å². The smallest absolute Gasteiger partial charge is 0.00722 e. The summed E-state index contributed by atoms with van der Waals surface area (Å²) in [7, 11) is 0. The number of hydrogen-bond acceptors (Lipinski definition) is 1. The lowest BCUT2D eigenvalue weighted by Gasteiger charge is -2.05. The highest BCUT2D eigenvalue weighted by molar-refractivity contribution is 7.99. The Kier molecular flexibility index (Phi) is 4.81. The van der Waals surface area contributed by atoms with Crippen LogP contribution in [0.1, 0.15) is 32.8 Å². The molecule has 0 bridgehead atoms. The van der Waals surface area contributed by atoms with E-state index in [1.807, 2.05) is 11.8 Å². The zero-order valence-electron chi connectivity index (χ0n) is 9.21. The van der Waals surface area contributed by atoms with E-state index in [0.29, 0.717) is 0 Å². The molecule has 1 heteroatoms. The average molecular weight is 206 g/mol. The second kappa shape index (κ2) is 5.92. The monoisotopic (exact) mass is 206 g/mol. The van der Waals surface area contributed by atoms with Gasteiger partial charge in [0, 0.05) is 4.90 Å². The van der Waals surface area contributed by atoms with Gasteiger partial charge in [0.2, 0.25) is 0 Å². The van der Waals surface area contributed by atoms with E-state index in [0.717, 1.165) is 12.2 Å². The molecule has 0 aromatic heterocycles. The Morgan fingerprint density at radius 3 is 2.29 bits per heavy atom. The van der Waals surface area contributed by atoms with Crippen LogP contribution in [0.15, 0.2) is 35.2 Å². The van der Waals surface area contributed by atoms with Crippen molar-refractivity contribution in [2.24, 2.45) is 0 Å². The molecule has 1 aromatic carbocycles. The Morgan fingerprint density at radius 2 is 1.86 bits per heavy atom. The van der Waals surface area contributed by atoms with Crippen molar-refractivity contribution in [3.63, 3.8) is 0 Å². The predicted molar refractivity (Wildman–Crippen MR) is 66.8 cm³/mol. The maximum Gasteiger partial charge on any atom is 0.00722 e. The zero-order valence-corrected chi connectivity index (χ0v) is 10.0. The van der Waals surface area contributed by atoms with Crippen LogP contribution in [0.3, 0.4) is 0 Å². The fraction of sp³-hybridized carbons (Fsp3) is 0.385. The van der Waals surface area contributed by atoms with Gasteiger partial charge in [0.15, 0.2) is 0 Å². The lowest BCUT2D eigenvalue weighted by Crippen LogP contribution is -1.82. The first-order valence-electron chi connectivity index (χ1n) is 5.20. The van der Waals surface area contributed by atoms with Crippen molar-refractivity contribution in [2.75, 3.05) is 5.75 Å². The van der Waals surface area contributed by atoms with E-state index in [9.17, 15) is 0 Å². The molecule has 0 spiro atoms. The van der Waals surface area contributed by atoms with Gasteiger partial charge in [0.05, 0.1) is 0 Å². The molecule has 0 aliphatic carbocycles. The number of allylic oxidation sites excluding steroid dienone is 2. The van der Waals surface area contributed by atoms with E-state index in [-0.39, 0.29) is 0 Å². The quantitative estimate of drug-likeness (QED) is 0.648. The van der Waals surface area contributed by atoms with E-state index in [4.69, 9.17) is 0 Å². The highest BCUT2D eigenvalue weighted by atomic mass is 32.2. The van der Waals surface area contributed by atoms with Crippen LogP contribution in [0.2, 0.25) is 0 Å². The molecular formula is C13H18S. The van der Waals surface area contributed by atoms with Gasteiger partial charge >= 0.3 is 0 Å². The molecule has 0 radical (unpaired) electrons. The summed E-state index contributed by atoms with van der Waals surface area (Å²) in [5.41, 5.74) is 2.79. The molecule has 0 unspecified atom stereocenters. The van der Waals surface area contributed by atoms with Crippen molar-refractivity contribution < 1.29 is 0 Å². The van der Waals surface area contributed by atoms with Crippen molar-refractivity contribution in [3.8, 4) is 0 Å². The standard InChI is InChI=1S/C13H18S/c1-4-11(5-2)12-7-9-13(10-8-12)14-6-3/h4,7-10H,5-6H2,1-3H3/b11-4+. The summed E-state index contributed by atoms with van der Waals surface area (Å²) in [6, 6.07) is 8.86. The van der Waals surface area contributed by atoms with E-state index < -0.39 is 0 Å². The van der Waals surface area contributed by atoms with Gasteiger partial charge in [0.1, 0.15) is 0 Å². The van der Waals surface area contributed by atoms with Crippen molar-refractivity contribution in [1.29, 1.82) is 0 Å². The largest absolute Gasteiger partial charge is 0.126 e. The van der Waals surface area contributed by atoms with Crippen molar-refractivity contribution in [3.05, 3.63) is 35.9 Å². The molecule has 0 aliphatic rings. The fourth-order valence-electron chi connectivity index (χ4n) is 1.51. The summed E-state index contributed by atoms with van der Waals surface area (Å²) in [6.45, 7) is 6.49. The van der Waals surface area contributed by atoms with E-state index in [1.165, 1.54) is 16.0 Å². The molecule has 0 atom stereocenters. The molecular weight excluding hydrogens is 188 g/mol. The number of thioether (sulfide) groups is 1. The van der Waals surface area contributed by atoms with E-state index in [1.54, 1.807) is 0 Å². The Balaban J connectivity index is 2.82. The van der Waals surface area contributed by atoms with Crippen LogP contribution >= 0.6 is 11.8 Å². The van der Waals surface area contributed by atoms with Gasteiger partial charge in [-0.05, 0) is 42.4 Å². The summed E-state index contributed by atoms with van der Waals surface area (Å²) < 4.78 is 0. The van der Waals surface area contributed by atoms with Crippen LogP contribution in [0.4, 0.5) is 0 Å². The van der Waals surface area contributed by atoms with Crippen LogP contribution in [0.25, 0.3) is 5.57 Å². The minimum Gasteiger partial charge on any atom is -0.126 e. The Bertz CT molecular complexity index is 296. The van der Waals surface area contributed by atoms with Crippen LogP contribution in [0, 0.1) is 0 Å². The van der Waals surface area contributed by atoms with Crippen LogP contribution in [-0.4, -0.2) is 5.75 Å². The van der Waals surface area contributed by atoms with Crippen LogP contribution in [0.5, 0.6) is 0 Å². The molecule has 0 fully saturated rings. The highest BCUT2D eigenvalue weighted by Gasteiger charge is 1.97. The number of hydrogen-bond donors (Lipinski definition) is 0. The Morgan fingerprint density at radius 1 is 1.21 bits per heavy atom. The zero-order chi connectivity index (χ0) is 10.4. The third kappa shape index (κ3) is 2.91. The second-order valence-electron chi connectivity index (χ2n) is 3.12. The molecule has 0 heterocycles. The van der Waals surface area contributed by atoms with Crippen LogP contribution < -0.4 is 0 Å². The van der Waals surface area contributed by atoms with Crippen molar-refractivity contribution in [2.45, 2.75) is 32.1 Å².